The van der Waals surface area contributed by atoms with Crippen molar-refractivity contribution in [2.45, 2.75) is 63.4 Å². The van der Waals surface area contributed by atoms with Gasteiger partial charge in [0.2, 0.25) is 5.91 Å². The van der Waals surface area contributed by atoms with Crippen LogP contribution in [0.25, 0.3) is 0 Å². The predicted octanol–water partition coefficient (Wildman–Crippen LogP) is 3.57. The molecule has 204 valence electrons. The van der Waals surface area contributed by atoms with Gasteiger partial charge < -0.3 is 15.7 Å². The van der Waals surface area contributed by atoms with Crippen molar-refractivity contribution in [3.8, 4) is 6.07 Å². The van der Waals surface area contributed by atoms with E-state index in [0.29, 0.717) is 24.2 Å². The number of nitriles is 1. The lowest BCUT2D eigenvalue weighted by Crippen LogP contribution is -2.44. The molecular weight excluding hydrogens is 499 g/mol. The lowest BCUT2D eigenvalue weighted by Gasteiger charge is -2.28. The minimum atomic E-state index is -4.56. The van der Waals surface area contributed by atoms with Crippen LogP contribution in [0.1, 0.15) is 72.3 Å². The van der Waals surface area contributed by atoms with Gasteiger partial charge in [-0.05, 0) is 56.0 Å². The topological polar surface area (TPSA) is 118 Å². The molecule has 0 saturated carbocycles. The fraction of sp³-hybridized carbons (Fsp3) is 0.481. The number of hydrogen-bond donors (Lipinski definition) is 3. The fourth-order valence-electron chi connectivity index (χ4n) is 4.62. The molecule has 2 amide bonds. The number of halogens is 3. The summed E-state index contributed by atoms with van der Waals surface area (Å²) in [6.45, 7) is 3.16. The molecule has 1 saturated heterocycles. The van der Waals surface area contributed by atoms with Crippen molar-refractivity contribution < 1.29 is 27.9 Å². The van der Waals surface area contributed by atoms with Crippen LogP contribution in [0.2, 0.25) is 0 Å². The van der Waals surface area contributed by atoms with Gasteiger partial charge in [-0.2, -0.15) is 18.4 Å². The molecule has 2 aromatic rings. The van der Waals surface area contributed by atoms with Crippen molar-refractivity contribution in [1.82, 2.24) is 20.5 Å². The number of rotatable bonds is 11. The largest absolute Gasteiger partial charge is 0.416 e. The normalized spacial score (nSPS) is 17.4. The van der Waals surface area contributed by atoms with Crippen molar-refractivity contribution in [3.05, 3.63) is 65.0 Å². The van der Waals surface area contributed by atoms with Crippen molar-refractivity contribution in [2.24, 2.45) is 0 Å². The molecule has 1 aromatic carbocycles. The number of likely N-dealkylation sites (tertiary alicyclic amines) is 1. The minimum Gasteiger partial charge on any atom is -0.387 e. The van der Waals surface area contributed by atoms with E-state index in [1.165, 1.54) is 12.3 Å². The second-order valence-electron chi connectivity index (χ2n) is 9.43. The maximum atomic E-state index is 12.9. The molecule has 2 heterocycles. The molecule has 3 atom stereocenters. The summed E-state index contributed by atoms with van der Waals surface area (Å²) < 4.78 is 38.6. The average molecular weight is 532 g/mol. The Labute approximate surface area is 219 Å². The zero-order chi connectivity index (χ0) is 27.7. The summed E-state index contributed by atoms with van der Waals surface area (Å²) in [6, 6.07) is 9.44. The molecular formula is C27H32F3N5O3. The molecule has 3 rings (SSSR count). The summed E-state index contributed by atoms with van der Waals surface area (Å²) in [5.41, 5.74) is -0.133. The van der Waals surface area contributed by atoms with E-state index >= 15 is 0 Å². The van der Waals surface area contributed by atoms with Gasteiger partial charge in [0.1, 0.15) is 6.07 Å². The summed E-state index contributed by atoms with van der Waals surface area (Å²) in [5.74, 6) is -1.16. The van der Waals surface area contributed by atoms with E-state index < -0.39 is 29.7 Å². The third kappa shape index (κ3) is 8.26. The van der Waals surface area contributed by atoms with Crippen LogP contribution < -0.4 is 10.6 Å². The highest BCUT2D eigenvalue weighted by Gasteiger charge is 2.31. The molecule has 38 heavy (non-hydrogen) atoms. The van der Waals surface area contributed by atoms with Crippen molar-refractivity contribution in [3.63, 3.8) is 0 Å². The van der Waals surface area contributed by atoms with E-state index in [9.17, 15) is 27.9 Å². The zero-order valence-corrected chi connectivity index (χ0v) is 21.2. The Morgan fingerprint density at radius 3 is 2.68 bits per heavy atom. The van der Waals surface area contributed by atoms with Crippen LogP contribution in [0, 0.1) is 11.3 Å². The highest BCUT2D eigenvalue weighted by Crippen LogP contribution is 2.29. The molecule has 1 aliphatic rings. The lowest BCUT2D eigenvalue weighted by atomic mass is 10.0. The molecule has 1 aliphatic heterocycles. The van der Waals surface area contributed by atoms with Gasteiger partial charge in [0.05, 0.1) is 29.5 Å². The fourth-order valence-corrected chi connectivity index (χ4v) is 4.62. The maximum absolute atomic E-state index is 12.9. The molecule has 1 aromatic heterocycles. The van der Waals surface area contributed by atoms with Crippen LogP contribution >= 0.6 is 0 Å². The number of carbonyl (C=O) groups is 2. The van der Waals surface area contributed by atoms with Crippen LogP contribution in [0.5, 0.6) is 0 Å². The molecule has 2 unspecified atom stereocenters. The second-order valence-corrected chi connectivity index (χ2v) is 9.43. The minimum absolute atomic E-state index is 0.113. The SMILES string of the molecule is CCCC(CCC(O)c1ccc(C#N)cn1)N1CC[C@@H](NC(=O)CNC(=O)c2cccc(C(F)(F)F)c2)C1. The standard InChI is InChI=1S/C27H32F3N5O3/c1-2-4-22(8-10-24(36)23-9-7-18(14-31)15-32-23)35-12-11-21(17-35)34-25(37)16-33-26(38)19-5-3-6-20(13-19)27(28,29)30/h3,5-7,9,13,15,21-22,24,36H,2,4,8,10-12,16-17H2,1H3,(H,33,38)(H,34,37)/t21-,22?,24?/m1/s1. The Kier molecular flexibility index (Phi) is 10.2. The van der Waals surface area contributed by atoms with Crippen LogP contribution in [0.4, 0.5) is 13.2 Å². The number of carbonyl (C=O) groups excluding carboxylic acids is 2. The molecule has 3 N–H and O–H groups in total. The second kappa shape index (κ2) is 13.3. The van der Waals surface area contributed by atoms with Gasteiger partial charge in [-0.1, -0.05) is 19.4 Å². The van der Waals surface area contributed by atoms with Crippen LogP contribution in [0.15, 0.2) is 42.6 Å². The predicted molar refractivity (Wildman–Crippen MR) is 134 cm³/mol. The molecule has 0 aliphatic carbocycles. The third-order valence-electron chi connectivity index (χ3n) is 6.61. The molecule has 0 spiro atoms. The smallest absolute Gasteiger partial charge is 0.387 e. The summed E-state index contributed by atoms with van der Waals surface area (Å²) in [5, 5.41) is 24.7. The van der Waals surface area contributed by atoms with Crippen molar-refractivity contribution >= 4 is 11.8 Å². The quantitative estimate of drug-likeness (QED) is 0.408. The molecule has 1 fully saturated rings. The molecule has 0 radical (unpaired) electrons. The summed E-state index contributed by atoms with van der Waals surface area (Å²) in [4.78, 5) is 31.1. The number of amides is 2. The van der Waals surface area contributed by atoms with Gasteiger partial charge >= 0.3 is 6.18 Å². The van der Waals surface area contributed by atoms with Gasteiger partial charge in [-0.25, -0.2) is 0 Å². The number of pyridine rings is 1. The molecule has 0 bridgehead atoms. The Bertz CT molecular complexity index is 1130. The third-order valence-corrected chi connectivity index (χ3v) is 6.61. The summed E-state index contributed by atoms with van der Waals surface area (Å²) >= 11 is 0. The van der Waals surface area contributed by atoms with E-state index in [0.717, 1.165) is 50.4 Å². The van der Waals surface area contributed by atoms with Gasteiger partial charge in [-0.3, -0.25) is 19.5 Å². The molecule has 11 heteroatoms. The van der Waals surface area contributed by atoms with Gasteiger partial charge in [0, 0.05) is 36.9 Å². The van der Waals surface area contributed by atoms with Crippen LogP contribution in [-0.4, -0.2) is 58.5 Å². The first-order chi connectivity index (χ1) is 18.1. The van der Waals surface area contributed by atoms with E-state index in [-0.39, 0.29) is 24.2 Å². The first kappa shape index (κ1) is 29.1. The van der Waals surface area contributed by atoms with E-state index in [1.54, 1.807) is 12.1 Å². The van der Waals surface area contributed by atoms with Crippen LogP contribution in [0.3, 0.4) is 0 Å². The number of nitrogens with zero attached hydrogens (tertiary/aromatic N) is 3. The summed E-state index contributed by atoms with van der Waals surface area (Å²) in [6.07, 6.45) is 0.0251. The number of hydrogen-bond acceptors (Lipinski definition) is 6. The van der Waals surface area contributed by atoms with Crippen molar-refractivity contribution in [1.29, 1.82) is 5.26 Å². The number of aromatic nitrogens is 1. The first-order valence-corrected chi connectivity index (χ1v) is 12.6. The number of benzene rings is 1. The van der Waals surface area contributed by atoms with E-state index in [1.807, 2.05) is 6.07 Å². The Morgan fingerprint density at radius 2 is 2.03 bits per heavy atom. The first-order valence-electron chi connectivity index (χ1n) is 12.6. The highest BCUT2D eigenvalue weighted by atomic mass is 19.4. The van der Waals surface area contributed by atoms with E-state index in [4.69, 9.17) is 5.26 Å². The van der Waals surface area contributed by atoms with Gasteiger partial charge in [0.25, 0.3) is 5.91 Å². The Hall–Kier alpha value is -3.49. The highest BCUT2D eigenvalue weighted by molar-refractivity contribution is 5.96. The summed E-state index contributed by atoms with van der Waals surface area (Å²) in [7, 11) is 0. The Morgan fingerprint density at radius 1 is 1.24 bits per heavy atom. The average Bonchev–Trinajstić information content (AvgIpc) is 3.37. The van der Waals surface area contributed by atoms with Gasteiger partial charge in [-0.15, -0.1) is 0 Å². The van der Waals surface area contributed by atoms with Crippen LogP contribution in [-0.2, 0) is 11.0 Å². The zero-order valence-electron chi connectivity index (χ0n) is 21.2. The Balaban J connectivity index is 1.45. The monoisotopic (exact) mass is 531 g/mol. The lowest BCUT2D eigenvalue weighted by molar-refractivity contribution is -0.137. The number of aliphatic hydroxyl groups is 1. The van der Waals surface area contributed by atoms with E-state index in [2.05, 4.69) is 27.4 Å². The van der Waals surface area contributed by atoms with Crippen molar-refractivity contribution in [2.75, 3.05) is 19.6 Å². The number of nitrogens with one attached hydrogen (secondary N) is 2. The number of alkyl halides is 3. The maximum Gasteiger partial charge on any atom is 0.416 e. The number of aliphatic hydroxyl groups excluding tert-OH is 1. The molecule has 8 nitrogen and oxygen atoms in total. The van der Waals surface area contributed by atoms with Gasteiger partial charge in [0.15, 0.2) is 0 Å².